The number of rotatable bonds is 1. The molecule has 0 aromatic rings. The monoisotopic (exact) mass is 193 g/mol. The Morgan fingerprint density at radius 1 is 1.33 bits per heavy atom. The quantitative estimate of drug-likeness (QED) is 0.643. The van der Waals surface area contributed by atoms with Crippen LogP contribution >= 0.6 is 0 Å². The van der Waals surface area contributed by atoms with Gasteiger partial charge in [0.2, 0.25) is 0 Å². The van der Waals surface area contributed by atoms with Crippen molar-refractivity contribution in [2.75, 3.05) is 25.6 Å². The second kappa shape index (κ2) is 2.61. The highest BCUT2D eigenvalue weighted by Gasteiger charge is 2.28. The topological polar surface area (TPSA) is 57.6 Å². The SMILES string of the molecule is CS(C)(=O)(O)N1CCC(=O)CC1. The zero-order valence-electron chi connectivity index (χ0n) is 7.45. The van der Waals surface area contributed by atoms with E-state index in [1.54, 1.807) is 0 Å². The van der Waals surface area contributed by atoms with Gasteiger partial charge in [0.15, 0.2) is 0 Å². The molecule has 0 saturated carbocycles. The van der Waals surface area contributed by atoms with E-state index in [-0.39, 0.29) is 5.78 Å². The Balaban J connectivity index is 2.69. The first-order valence-electron chi connectivity index (χ1n) is 3.89. The zero-order chi connectivity index (χ0) is 9.43. The fourth-order valence-electron chi connectivity index (χ4n) is 1.26. The van der Waals surface area contributed by atoms with Crippen molar-refractivity contribution in [3.05, 3.63) is 0 Å². The maximum absolute atomic E-state index is 11.6. The van der Waals surface area contributed by atoms with Crippen molar-refractivity contribution < 1.29 is 13.6 Å². The number of Topliss-reactive ketones (excluding diaryl/α,β-unsaturated/α-hetero) is 1. The molecular formula is C7H15NO3S. The van der Waals surface area contributed by atoms with Gasteiger partial charge in [-0.25, -0.2) is 4.31 Å². The van der Waals surface area contributed by atoms with Gasteiger partial charge in [-0.05, 0) is 0 Å². The van der Waals surface area contributed by atoms with Crippen molar-refractivity contribution in [2.45, 2.75) is 12.8 Å². The predicted octanol–water partition coefficient (Wildman–Crippen LogP) is 0.119. The van der Waals surface area contributed by atoms with Crippen molar-refractivity contribution in [1.82, 2.24) is 4.31 Å². The summed E-state index contributed by atoms with van der Waals surface area (Å²) in [6.07, 6.45) is 3.45. The van der Waals surface area contributed by atoms with Crippen LogP contribution in [0.4, 0.5) is 0 Å². The minimum Gasteiger partial charge on any atom is -0.300 e. The van der Waals surface area contributed by atoms with Gasteiger partial charge in [-0.2, -0.15) is 4.21 Å². The number of ketones is 1. The van der Waals surface area contributed by atoms with Gasteiger partial charge in [-0.3, -0.25) is 9.35 Å². The molecule has 1 N–H and O–H groups in total. The highest BCUT2D eigenvalue weighted by Crippen LogP contribution is 2.22. The summed E-state index contributed by atoms with van der Waals surface area (Å²) in [5.74, 6) is 0.183. The van der Waals surface area contributed by atoms with Gasteiger partial charge in [-0.1, -0.05) is 0 Å². The average Bonchev–Trinajstić information content (AvgIpc) is 1.84. The normalized spacial score (nSPS) is 24.9. The minimum absolute atomic E-state index is 0.183. The van der Waals surface area contributed by atoms with Crippen molar-refractivity contribution in [2.24, 2.45) is 0 Å². The molecule has 0 bridgehead atoms. The van der Waals surface area contributed by atoms with Crippen molar-refractivity contribution >= 4 is 15.3 Å². The highest BCUT2D eigenvalue weighted by molar-refractivity contribution is 8.11. The van der Waals surface area contributed by atoms with Crippen LogP contribution in [-0.4, -0.2) is 44.5 Å². The number of nitrogens with zero attached hydrogens (tertiary/aromatic N) is 1. The third-order valence-electron chi connectivity index (χ3n) is 2.02. The molecule has 1 heterocycles. The Bertz CT molecular complexity index is 247. The van der Waals surface area contributed by atoms with Crippen LogP contribution in [0.2, 0.25) is 0 Å². The molecule has 0 aromatic heterocycles. The van der Waals surface area contributed by atoms with E-state index in [0.29, 0.717) is 25.9 Å². The lowest BCUT2D eigenvalue weighted by atomic mass is 10.1. The molecule has 0 spiro atoms. The summed E-state index contributed by atoms with van der Waals surface area (Å²) >= 11 is 0. The fraction of sp³-hybridized carbons (Fsp3) is 0.857. The number of piperidine rings is 1. The summed E-state index contributed by atoms with van der Waals surface area (Å²) < 4.78 is 22.7. The van der Waals surface area contributed by atoms with Gasteiger partial charge in [0.1, 0.15) is 5.78 Å². The van der Waals surface area contributed by atoms with E-state index in [4.69, 9.17) is 0 Å². The van der Waals surface area contributed by atoms with Crippen LogP contribution in [0.1, 0.15) is 12.8 Å². The molecule has 0 unspecified atom stereocenters. The summed E-state index contributed by atoms with van der Waals surface area (Å²) in [7, 11) is -3.58. The van der Waals surface area contributed by atoms with Gasteiger partial charge in [0.25, 0.3) is 0 Å². The molecule has 0 amide bonds. The van der Waals surface area contributed by atoms with E-state index < -0.39 is 9.53 Å². The van der Waals surface area contributed by atoms with E-state index in [1.807, 2.05) is 0 Å². The molecule has 1 fully saturated rings. The van der Waals surface area contributed by atoms with Crippen molar-refractivity contribution in [1.29, 1.82) is 0 Å². The first kappa shape index (κ1) is 9.83. The number of carbonyl (C=O) groups is 1. The van der Waals surface area contributed by atoms with Crippen LogP contribution in [0.15, 0.2) is 0 Å². The van der Waals surface area contributed by atoms with Crippen LogP contribution < -0.4 is 0 Å². The standard InChI is InChI=1S/C7H15NO3S/c1-12(2,10,11)8-5-3-7(9)4-6-8/h3-6H2,1-2H3,(H,10,11). The Morgan fingerprint density at radius 2 is 1.75 bits per heavy atom. The summed E-state index contributed by atoms with van der Waals surface area (Å²) in [5, 5.41) is 0. The molecule has 0 radical (unpaired) electrons. The van der Waals surface area contributed by atoms with Crippen LogP contribution in [0.5, 0.6) is 0 Å². The predicted molar refractivity (Wildman–Crippen MR) is 48.4 cm³/mol. The maximum Gasteiger partial charge on any atom is 0.135 e. The zero-order valence-corrected chi connectivity index (χ0v) is 8.26. The lowest BCUT2D eigenvalue weighted by Gasteiger charge is -2.46. The molecule has 72 valence electrons. The summed E-state index contributed by atoms with van der Waals surface area (Å²) in [6.45, 7) is 0.821. The van der Waals surface area contributed by atoms with Crippen LogP contribution in [0, 0.1) is 0 Å². The van der Waals surface area contributed by atoms with Crippen LogP contribution in [0.25, 0.3) is 0 Å². The molecule has 12 heavy (non-hydrogen) atoms. The summed E-state index contributed by atoms with van der Waals surface area (Å²) in [5.41, 5.74) is 0. The van der Waals surface area contributed by atoms with Crippen LogP contribution in [-0.2, 0) is 14.3 Å². The maximum atomic E-state index is 11.6. The van der Waals surface area contributed by atoms with Crippen molar-refractivity contribution in [3.63, 3.8) is 0 Å². The van der Waals surface area contributed by atoms with E-state index in [0.717, 1.165) is 0 Å². The number of carbonyl (C=O) groups excluding carboxylic acids is 1. The minimum atomic E-state index is -3.58. The second-order valence-corrected chi connectivity index (χ2v) is 7.59. The van der Waals surface area contributed by atoms with Gasteiger partial charge >= 0.3 is 0 Å². The largest absolute Gasteiger partial charge is 0.300 e. The molecule has 5 heteroatoms. The first-order chi connectivity index (χ1) is 5.26. The molecule has 0 aromatic carbocycles. The molecule has 1 saturated heterocycles. The van der Waals surface area contributed by atoms with Gasteiger partial charge in [0, 0.05) is 38.4 Å². The Kier molecular flexibility index (Phi) is 2.14. The third-order valence-corrected chi connectivity index (χ3v) is 3.86. The van der Waals surface area contributed by atoms with E-state index in [2.05, 4.69) is 0 Å². The van der Waals surface area contributed by atoms with E-state index >= 15 is 0 Å². The average molecular weight is 193 g/mol. The number of hydrogen-bond acceptors (Lipinski definition) is 2. The molecule has 1 rings (SSSR count). The summed E-state index contributed by atoms with van der Waals surface area (Å²) in [4.78, 5) is 10.8. The fourth-order valence-corrected chi connectivity index (χ4v) is 2.48. The second-order valence-electron chi connectivity index (χ2n) is 3.67. The lowest BCUT2D eigenvalue weighted by molar-refractivity contribution is -0.120. The smallest absolute Gasteiger partial charge is 0.135 e. The first-order valence-corrected chi connectivity index (χ1v) is 6.59. The molecule has 0 aliphatic carbocycles. The molecule has 1 aliphatic rings. The number of hydrogen-bond donors (Lipinski definition) is 1. The molecular weight excluding hydrogens is 178 g/mol. The van der Waals surface area contributed by atoms with Gasteiger partial charge < -0.3 is 0 Å². The van der Waals surface area contributed by atoms with E-state index in [1.165, 1.54) is 16.8 Å². The Labute approximate surface area is 72.3 Å². The van der Waals surface area contributed by atoms with Gasteiger partial charge in [-0.15, -0.1) is 9.53 Å². The third kappa shape index (κ3) is 2.36. The van der Waals surface area contributed by atoms with Crippen molar-refractivity contribution in [3.8, 4) is 0 Å². The molecule has 0 atom stereocenters. The lowest BCUT2D eigenvalue weighted by Crippen LogP contribution is -2.51. The van der Waals surface area contributed by atoms with Crippen LogP contribution in [0.3, 0.4) is 0 Å². The Hall–Kier alpha value is -0.260. The highest BCUT2D eigenvalue weighted by atomic mass is 32.3. The van der Waals surface area contributed by atoms with Gasteiger partial charge in [0.05, 0.1) is 0 Å². The summed E-state index contributed by atoms with van der Waals surface area (Å²) in [6, 6.07) is 0. The molecule has 4 nitrogen and oxygen atoms in total. The Morgan fingerprint density at radius 3 is 2.08 bits per heavy atom. The van der Waals surface area contributed by atoms with E-state index in [9.17, 15) is 13.6 Å². The molecule has 1 aliphatic heterocycles.